The number of phosphoric ester groups is 1. The first-order valence-corrected chi connectivity index (χ1v) is 12.0. The summed E-state index contributed by atoms with van der Waals surface area (Å²) in [5.74, 6) is 0. The van der Waals surface area contributed by atoms with Gasteiger partial charge < -0.3 is 4.89 Å². The minimum absolute atomic E-state index is 0.267. The molecule has 156 valence electrons. The normalized spacial score (nSPS) is 14.3. The molecule has 0 saturated carbocycles. The molecular formula is C20H42NO4P. The highest BCUT2D eigenvalue weighted by molar-refractivity contribution is 7.47. The molecule has 0 spiro atoms. The first-order valence-electron chi connectivity index (χ1n) is 10.5. The van der Waals surface area contributed by atoms with Gasteiger partial charge in [-0.2, -0.15) is 9.69 Å². The second-order valence-electron chi connectivity index (χ2n) is 7.13. The van der Waals surface area contributed by atoms with Crippen molar-refractivity contribution >= 4 is 7.82 Å². The Hall–Kier alpha value is -0.190. The van der Waals surface area contributed by atoms with Crippen LogP contribution in [0, 0.1) is 0 Å². The van der Waals surface area contributed by atoms with E-state index in [4.69, 9.17) is 4.52 Å². The van der Waals surface area contributed by atoms with Crippen LogP contribution in [0.15, 0.2) is 12.2 Å². The second-order valence-corrected chi connectivity index (χ2v) is 8.49. The van der Waals surface area contributed by atoms with E-state index in [0.717, 1.165) is 19.3 Å². The van der Waals surface area contributed by atoms with E-state index in [1.54, 1.807) is 14.1 Å². The lowest BCUT2D eigenvalue weighted by Gasteiger charge is -2.15. The summed E-state index contributed by atoms with van der Waals surface area (Å²) >= 11 is 0. The molecule has 0 bridgehead atoms. The van der Waals surface area contributed by atoms with E-state index in [1.807, 2.05) is 0 Å². The minimum atomic E-state index is -3.92. The lowest BCUT2D eigenvalue weighted by molar-refractivity contribution is -0.0417. The van der Waals surface area contributed by atoms with Crippen molar-refractivity contribution < 1.29 is 18.6 Å². The number of allylic oxidation sites excluding steroid dienone is 2. The number of hydrogen-bond donors (Lipinski definition) is 1. The summed E-state index contributed by atoms with van der Waals surface area (Å²) in [6.45, 7) is 2.53. The standard InChI is InChI=1S/C20H42NO4P/c1-4-5-6-7-8-9-10-11-12-13-14-15-16-17-18-19-20-24-26(22,23)25-21(2)3/h11-12H,4-10,13-20H2,1-3H3,(H,22,23)/b12-11-. The third kappa shape index (κ3) is 20.1. The van der Waals surface area contributed by atoms with Crippen LogP contribution in [0.4, 0.5) is 0 Å². The van der Waals surface area contributed by atoms with Crippen molar-refractivity contribution in [1.82, 2.24) is 5.06 Å². The Morgan fingerprint density at radius 3 is 1.77 bits per heavy atom. The number of phosphoric acid groups is 1. The highest BCUT2D eigenvalue weighted by Gasteiger charge is 2.22. The van der Waals surface area contributed by atoms with Gasteiger partial charge in [0, 0.05) is 14.1 Å². The molecule has 0 aliphatic carbocycles. The van der Waals surface area contributed by atoms with Gasteiger partial charge in [-0.15, -0.1) is 0 Å². The number of hydrogen-bond acceptors (Lipinski definition) is 4. The van der Waals surface area contributed by atoms with Crippen LogP contribution in [-0.4, -0.2) is 30.7 Å². The van der Waals surface area contributed by atoms with E-state index in [9.17, 15) is 9.46 Å². The molecule has 1 atom stereocenters. The van der Waals surface area contributed by atoms with Gasteiger partial charge in [0.2, 0.25) is 0 Å². The van der Waals surface area contributed by atoms with Gasteiger partial charge in [0.25, 0.3) is 0 Å². The van der Waals surface area contributed by atoms with Gasteiger partial charge in [-0.1, -0.05) is 76.9 Å². The van der Waals surface area contributed by atoms with Crippen LogP contribution in [0.5, 0.6) is 0 Å². The van der Waals surface area contributed by atoms with Gasteiger partial charge in [0.05, 0.1) is 6.61 Å². The van der Waals surface area contributed by atoms with Crippen LogP contribution >= 0.6 is 7.82 Å². The quantitative estimate of drug-likeness (QED) is 0.116. The third-order valence-electron chi connectivity index (χ3n) is 4.18. The summed E-state index contributed by atoms with van der Waals surface area (Å²) in [6, 6.07) is 0. The second kappa shape index (κ2) is 18.2. The Labute approximate surface area is 161 Å². The minimum Gasteiger partial charge on any atom is -0.301 e. The summed E-state index contributed by atoms with van der Waals surface area (Å²) in [4.78, 5) is 9.37. The molecule has 6 heteroatoms. The molecule has 1 unspecified atom stereocenters. The van der Waals surface area contributed by atoms with Crippen LogP contribution in [0.1, 0.15) is 96.8 Å². The van der Waals surface area contributed by atoms with Crippen molar-refractivity contribution in [3.8, 4) is 0 Å². The number of nitrogens with zero attached hydrogens (tertiary/aromatic N) is 1. The lowest BCUT2D eigenvalue weighted by atomic mass is 10.1. The Bertz CT molecular complexity index is 375. The number of unbranched alkanes of at least 4 members (excludes halogenated alkanes) is 12. The highest BCUT2D eigenvalue weighted by Crippen LogP contribution is 2.43. The smallest absolute Gasteiger partial charge is 0.301 e. The maximum atomic E-state index is 11.4. The fraction of sp³-hybridized carbons (Fsp3) is 0.900. The molecule has 0 aromatic rings. The van der Waals surface area contributed by atoms with E-state index in [-0.39, 0.29) is 6.61 Å². The van der Waals surface area contributed by atoms with Gasteiger partial charge in [0.15, 0.2) is 0 Å². The summed E-state index contributed by atoms with van der Waals surface area (Å²) < 4.78 is 21.0. The topological polar surface area (TPSA) is 59.0 Å². The Balaban J connectivity index is 3.26. The SMILES string of the molecule is CCCCCCCC/C=C\CCCCCCCCOP(=O)(O)ON(C)C. The molecule has 0 saturated heterocycles. The molecule has 0 radical (unpaired) electrons. The third-order valence-corrected chi connectivity index (χ3v) is 5.22. The lowest BCUT2D eigenvalue weighted by Crippen LogP contribution is -2.11. The van der Waals surface area contributed by atoms with Crippen molar-refractivity contribution in [2.24, 2.45) is 0 Å². The fourth-order valence-corrected chi connectivity index (χ4v) is 3.58. The summed E-state index contributed by atoms with van der Waals surface area (Å²) in [6.07, 6.45) is 22.0. The van der Waals surface area contributed by atoms with Crippen LogP contribution in [0.3, 0.4) is 0 Å². The molecule has 0 amide bonds. The molecule has 0 aromatic carbocycles. The van der Waals surface area contributed by atoms with Crippen LogP contribution in [0.2, 0.25) is 0 Å². The molecule has 0 heterocycles. The van der Waals surface area contributed by atoms with Crippen LogP contribution < -0.4 is 0 Å². The van der Waals surface area contributed by atoms with Crippen LogP contribution in [-0.2, 0) is 13.7 Å². The Kier molecular flexibility index (Phi) is 18.1. The Morgan fingerprint density at radius 1 is 0.808 bits per heavy atom. The zero-order valence-electron chi connectivity index (χ0n) is 17.3. The average molecular weight is 392 g/mol. The predicted molar refractivity (Wildman–Crippen MR) is 110 cm³/mol. The van der Waals surface area contributed by atoms with E-state index in [2.05, 4.69) is 23.7 Å². The van der Waals surface area contributed by atoms with E-state index < -0.39 is 7.82 Å². The molecule has 1 N–H and O–H groups in total. The molecule has 5 nitrogen and oxygen atoms in total. The summed E-state index contributed by atoms with van der Waals surface area (Å²) in [5, 5.41) is 1.18. The maximum Gasteiger partial charge on any atom is 0.488 e. The fourth-order valence-electron chi connectivity index (χ4n) is 2.76. The van der Waals surface area contributed by atoms with Gasteiger partial charge in [0.1, 0.15) is 0 Å². The van der Waals surface area contributed by atoms with Gasteiger partial charge in [-0.3, -0.25) is 4.52 Å². The zero-order chi connectivity index (χ0) is 19.5. The first-order chi connectivity index (χ1) is 12.5. The molecular weight excluding hydrogens is 349 g/mol. The zero-order valence-corrected chi connectivity index (χ0v) is 18.2. The molecule has 26 heavy (non-hydrogen) atoms. The van der Waals surface area contributed by atoms with Crippen molar-refractivity contribution in [2.75, 3.05) is 20.7 Å². The summed E-state index contributed by atoms with van der Waals surface area (Å²) in [5.41, 5.74) is 0. The van der Waals surface area contributed by atoms with Crippen LogP contribution in [0.25, 0.3) is 0 Å². The molecule has 0 aromatic heterocycles. The monoisotopic (exact) mass is 391 g/mol. The van der Waals surface area contributed by atoms with Crippen molar-refractivity contribution in [3.05, 3.63) is 12.2 Å². The average Bonchev–Trinajstić information content (AvgIpc) is 2.56. The number of rotatable bonds is 19. The van der Waals surface area contributed by atoms with Crippen molar-refractivity contribution in [3.63, 3.8) is 0 Å². The van der Waals surface area contributed by atoms with E-state index >= 15 is 0 Å². The van der Waals surface area contributed by atoms with Gasteiger partial charge in [-0.05, 0) is 32.1 Å². The van der Waals surface area contributed by atoms with Gasteiger partial charge in [-0.25, -0.2) is 4.57 Å². The molecule has 0 rings (SSSR count). The molecule has 0 aliphatic rings. The largest absolute Gasteiger partial charge is 0.488 e. The molecule has 0 fully saturated rings. The first kappa shape index (κ1) is 25.8. The Morgan fingerprint density at radius 2 is 1.27 bits per heavy atom. The summed E-state index contributed by atoms with van der Waals surface area (Å²) in [7, 11) is -0.817. The predicted octanol–water partition coefficient (Wildman–Crippen LogP) is 6.63. The highest BCUT2D eigenvalue weighted by atomic mass is 31.2. The number of hydroxylamine groups is 2. The van der Waals surface area contributed by atoms with E-state index in [1.165, 1.54) is 75.7 Å². The van der Waals surface area contributed by atoms with Crippen molar-refractivity contribution in [2.45, 2.75) is 96.8 Å². The van der Waals surface area contributed by atoms with E-state index in [0.29, 0.717) is 0 Å². The van der Waals surface area contributed by atoms with Crippen molar-refractivity contribution in [1.29, 1.82) is 0 Å². The molecule has 0 aliphatic heterocycles. The maximum absolute atomic E-state index is 11.4. The van der Waals surface area contributed by atoms with Gasteiger partial charge >= 0.3 is 7.82 Å².